The van der Waals surface area contributed by atoms with Crippen LogP contribution in [-0.2, 0) is 9.59 Å². The molecule has 1 aliphatic rings. The Morgan fingerprint density at radius 2 is 2.14 bits per heavy atom. The van der Waals surface area contributed by atoms with Gasteiger partial charge in [0, 0.05) is 17.6 Å². The first kappa shape index (κ1) is 16.6. The number of carbonyl (C=O) groups is 2. The number of hydrogen-bond acceptors (Lipinski definition) is 5. The van der Waals surface area contributed by atoms with Crippen molar-refractivity contribution >= 4 is 40.9 Å². The topological polar surface area (TPSA) is 110 Å². The number of rotatable bonds is 7. The summed E-state index contributed by atoms with van der Waals surface area (Å²) in [5.74, 6) is -1.30. The van der Waals surface area contributed by atoms with Gasteiger partial charge in [-0.15, -0.1) is 11.8 Å². The molecule has 1 aromatic carbocycles. The van der Waals surface area contributed by atoms with Crippen molar-refractivity contribution in [2.24, 2.45) is 5.41 Å². The molecule has 118 valence electrons. The molecule has 0 atom stereocenters. The lowest BCUT2D eigenvalue weighted by molar-refractivity contribution is -0.387. The first-order valence-electron chi connectivity index (χ1n) is 6.41. The van der Waals surface area contributed by atoms with Crippen LogP contribution < -0.4 is 5.32 Å². The quantitative estimate of drug-likeness (QED) is 0.446. The first-order valence-corrected chi connectivity index (χ1v) is 7.77. The number of nitro benzene ring substituents is 1. The smallest absolute Gasteiger partial charge is 0.311 e. The summed E-state index contributed by atoms with van der Waals surface area (Å²) in [5, 5.41) is 22.7. The van der Waals surface area contributed by atoms with Gasteiger partial charge in [-0.1, -0.05) is 11.6 Å². The number of carbonyl (C=O) groups excluding carboxylic acids is 1. The van der Waals surface area contributed by atoms with Gasteiger partial charge in [-0.3, -0.25) is 19.7 Å². The number of halogens is 1. The van der Waals surface area contributed by atoms with Crippen LogP contribution in [0.15, 0.2) is 23.1 Å². The number of hydrogen-bond donors (Lipinski definition) is 2. The molecule has 9 heteroatoms. The summed E-state index contributed by atoms with van der Waals surface area (Å²) in [6.45, 7) is 0.0877. The molecule has 1 aromatic rings. The van der Waals surface area contributed by atoms with Crippen molar-refractivity contribution in [1.82, 2.24) is 5.32 Å². The minimum Gasteiger partial charge on any atom is -0.481 e. The molecule has 0 spiro atoms. The molecule has 0 heterocycles. The molecule has 0 radical (unpaired) electrons. The minimum atomic E-state index is -0.909. The zero-order valence-corrected chi connectivity index (χ0v) is 12.9. The molecular weight excluding hydrogens is 332 g/mol. The number of aliphatic carboxylic acids is 1. The molecule has 1 amide bonds. The second-order valence-electron chi connectivity index (χ2n) is 5.02. The Labute approximate surface area is 135 Å². The normalized spacial score (nSPS) is 15.1. The lowest BCUT2D eigenvalue weighted by Crippen LogP contribution is -2.35. The number of nitrogens with one attached hydrogen (secondary N) is 1. The fraction of sp³-hybridized carbons (Fsp3) is 0.385. The van der Waals surface area contributed by atoms with Gasteiger partial charge in [0.05, 0.1) is 21.0 Å². The SMILES string of the molecule is O=C(CSc1ccc(Cl)cc1[N+](=O)[O-])NCC1(C(=O)O)CC1. The van der Waals surface area contributed by atoms with E-state index in [1.54, 1.807) is 0 Å². The summed E-state index contributed by atoms with van der Waals surface area (Å²) in [6, 6.07) is 4.22. The number of nitro groups is 1. The van der Waals surface area contributed by atoms with Crippen LogP contribution in [0, 0.1) is 15.5 Å². The largest absolute Gasteiger partial charge is 0.481 e. The van der Waals surface area contributed by atoms with E-state index in [-0.39, 0.29) is 28.9 Å². The number of thioether (sulfide) groups is 1. The van der Waals surface area contributed by atoms with Crippen LogP contribution in [0.4, 0.5) is 5.69 Å². The van der Waals surface area contributed by atoms with Crippen LogP contribution >= 0.6 is 23.4 Å². The lowest BCUT2D eigenvalue weighted by Gasteiger charge is -2.11. The average molecular weight is 345 g/mol. The Kier molecular flexibility index (Phi) is 4.92. The average Bonchev–Trinajstić information content (AvgIpc) is 3.25. The monoisotopic (exact) mass is 344 g/mol. The Morgan fingerprint density at radius 1 is 1.45 bits per heavy atom. The molecule has 0 bridgehead atoms. The summed E-state index contributed by atoms with van der Waals surface area (Å²) in [5.41, 5.74) is -0.985. The minimum absolute atomic E-state index is 0.0296. The van der Waals surface area contributed by atoms with Gasteiger partial charge in [0.1, 0.15) is 0 Å². The maximum Gasteiger partial charge on any atom is 0.311 e. The highest BCUT2D eigenvalue weighted by Crippen LogP contribution is 2.45. The standard InChI is InChI=1S/C13H13ClN2O5S/c14-8-1-2-10(9(5-8)16(20)21)22-6-11(17)15-7-13(3-4-13)12(18)19/h1-2,5H,3-4,6-7H2,(H,15,17)(H,18,19). The molecule has 1 aliphatic carbocycles. The van der Waals surface area contributed by atoms with Crippen molar-refractivity contribution in [2.45, 2.75) is 17.7 Å². The van der Waals surface area contributed by atoms with Crippen molar-refractivity contribution in [3.63, 3.8) is 0 Å². The van der Waals surface area contributed by atoms with Gasteiger partial charge >= 0.3 is 5.97 Å². The third-order valence-electron chi connectivity index (χ3n) is 3.41. The Balaban J connectivity index is 1.89. The summed E-state index contributed by atoms with van der Waals surface area (Å²) in [7, 11) is 0. The zero-order chi connectivity index (χ0) is 16.3. The maximum absolute atomic E-state index is 11.7. The molecule has 0 aromatic heterocycles. The predicted molar refractivity (Wildman–Crippen MR) is 81.1 cm³/mol. The van der Waals surface area contributed by atoms with Gasteiger partial charge in [-0.2, -0.15) is 0 Å². The van der Waals surface area contributed by atoms with Crippen LogP contribution in [0.2, 0.25) is 5.02 Å². The molecule has 0 aliphatic heterocycles. The summed E-state index contributed by atoms with van der Waals surface area (Å²) < 4.78 is 0. The van der Waals surface area contributed by atoms with E-state index in [2.05, 4.69) is 5.32 Å². The van der Waals surface area contributed by atoms with E-state index in [1.165, 1.54) is 18.2 Å². The van der Waals surface area contributed by atoms with Gasteiger partial charge in [-0.25, -0.2) is 0 Å². The molecule has 2 N–H and O–H groups in total. The van der Waals surface area contributed by atoms with Crippen molar-refractivity contribution in [1.29, 1.82) is 0 Å². The Bertz CT molecular complexity index is 633. The third-order valence-corrected chi connectivity index (χ3v) is 4.71. The highest BCUT2D eigenvalue weighted by Gasteiger charge is 2.50. The van der Waals surface area contributed by atoms with Crippen molar-refractivity contribution in [3.05, 3.63) is 33.3 Å². The second kappa shape index (κ2) is 6.53. The molecule has 0 unspecified atom stereocenters. The van der Waals surface area contributed by atoms with E-state index < -0.39 is 16.3 Å². The molecule has 2 rings (SSSR count). The lowest BCUT2D eigenvalue weighted by atomic mass is 10.1. The highest BCUT2D eigenvalue weighted by atomic mass is 35.5. The zero-order valence-electron chi connectivity index (χ0n) is 11.4. The van der Waals surface area contributed by atoms with Crippen molar-refractivity contribution in [3.8, 4) is 0 Å². The van der Waals surface area contributed by atoms with Crippen LogP contribution in [0.3, 0.4) is 0 Å². The van der Waals surface area contributed by atoms with Crippen LogP contribution in [0.5, 0.6) is 0 Å². The second-order valence-corrected chi connectivity index (χ2v) is 6.47. The fourth-order valence-corrected chi connectivity index (χ4v) is 2.84. The number of amides is 1. The van der Waals surface area contributed by atoms with E-state index in [4.69, 9.17) is 16.7 Å². The van der Waals surface area contributed by atoms with E-state index >= 15 is 0 Å². The van der Waals surface area contributed by atoms with Gasteiger partial charge in [-0.05, 0) is 25.0 Å². The highest BCUT2D eigenvalue weighted by molar-refractivity contribution is 8.00. The molecule has 1 fully saturated rings. The summed E-state index contributed by atoms with van der Waals surface area (Å²) in [4.78, 5) is 33.4. The molecule has 1 saturated carbocycles. The van der Waals surface area contributed by atoms with Gasteiger partial charge in [0.15, 0.2) is 0 Å². The van der Waals surface area contributed by atoms with E-state index in [1.807, 2.05) is 0 Å². The predicted octanol–water partition coefficient (Wildman–Crippen LogP) is 2.32. The molecule has 0 saturated heterocycles. The van der Waals surface area contributed by atoms with E-state index in [9.17, 15) is 19.7 Å². The van der Waals surface area contributed by atoms with Gasteiger partial charge in [0.2, 0.25) is 5.91 Å². The van der Waals surface area contributed by atoms with Crippen LogP contribution in [0.25, 0.3) is 0 Å². The summed E-state index contributed by atoms with van der Waals surface area (Å²) in [6.07, 6.45) is 1.11. The number of carboxylic acid groups (broad SMARTS) is 1. The number of carboxylic acids is 1. The third kappa shape index (κ3) is 3.89. The number of nitrogens with zero attached hydrogens (tertiary/aromatic N) is 1. The Hall–Kier alpha value is -1.80. The molecule has 22 heavy (non-hydrogen) atoms. The van der Waals surface area contributed by atoms with Gasteiger partial charge < -0.3 is 10.4 Å². The van der Waals surface area contributed by atoms with Crippen molar-refractivity contribution < 1.29 is 19.6 Å². The van der Waals surface area contributed by atoms with E-state index in [0.29, 0.717) is 17.7 Å². The van der Waals surface area contributed by atoms with Gasteiger partial charge in [0.25, 0.3) is 5.69 Å². The first-order chi connectivity index (χ1) is 10.3. The summed E-state index contributed by atoms with van der Waals surface area (Å²) >= 11 is 6.72. The fourth-order valence-electron chi connectivity index (χ4n) is 1.83. The Morgan fingerprint density at radius 3 is 2.68 bits per heavy atom. The maximum atomic E-state index is 11.7. The van der Waals surface area contributed by atoms with Crippen molar-refractivity contribution in [2.75, 3.05) is 12.3 Å². The molecular formula is C13H13ClN2O5S. The van der Waals surface area contributed by atoms with Crippen LogP contribution in [0.1, 0.15) is 12.8 Å². The van der Waals surface area contributed by atoms with Crippen LogP contribution in [-0.4, -0.2) is 34.2 Å². The number of benzene rings is 1. The molecule has 7 nitrogen and oxygen atoms in total. The van der Waals surface area contributed by atoms with E-state index in [0.717, 1.165) is 11.8 Å².